The van der Waals surface area contributed by atoms with Crippen molar-refractivity contribution in [1.29, 1.82) is 0 Å². The zero-order valence-corrected chi connectivity index (χ0v) is 11.6. The molecule has 0 aliphatic carbocycles. The van der Waals surface area contributed by atoms with Crippen LogP contribution < -0.4 is 11.1 Å². The minimum atomic E-state index is -0.108. The highest BCUT2D eigenvalue weighted by molar-refractivity contribution is 5.79. The summed E-state index contributed by atoms with van der Waals surface area (Å²) >= 11 is 0. The molecule has 4 nitrogen and oxygen atoms in total. The third-order valence-corrected chi connectivity index (χ3v) is 3.07. The van der Waals surface area contributed by atoms with Crippen molar-refractivity contribution >= 4 is 5.91 Å². The van der Waals surface area contributed by atoms with E-state index in [4.69, 9.17) is 10.8 Å². The van der Waals surface area contributed by atoms with E-state index < -0.39 is 0 Å². The van der Waals surface area contributed by atoms with E-state index in [-0.39, 0.29) is 29.9 Å². The van der Waals surface area contributed by atoms with Gasteiger partial charge in [0.05, 0.1) is 5.92 Å². The zero-order valence-electron chi connectivity index (χ0n) is 11.6. The quantitative estimate of drug-likeness (QED) is 0.631. The molecule has 0 aromatic carbocycles. The lowest BCUT2D eigenvalue weighted by atomic mass is 9.84. The van der Waals surface area contributed by atoms with Crippen molar-refractivity contribution in [2.75, 3.05) is 13.2 Å². The summed E-state index contributed by atoms with van der Waals surface area (Å²) in [6.07, 6.45) is 2.35. The molecule has 0 heterocycles. The number of aliphatic hydroxyl groups is 1. The summed E-state index contributed by atoms with van der Waals surface area (Å²) in [4.78, 5) is 12.0. The molecule has 4 N–H and O–H groups in total. The summed E-state index contributed by atoms with van der Waals surface area (Å²) in [6, 6.07) is -0.00842. The van der Waals surface area contributed by atoms with Crippen molar-refractivity contribution in [1.82, 2.24) is 5.32 Å². The van der Waals surface area contributed by atoms with Gasteiger partial charge in [0.1, 0.15) is 0 Å². The van der Waals surface area contributed by atoms with Crippen molar-refractivity contribution in [3.8, 4) is 0 Å². The lowest BCUT2D eigenvalue weighted by Gasteiger charge is -2.32. The SMILES string of the molecule is CCCC(CN)C(=O)NC(CCO)C(C)(C)C. The number of nitrogens with two attached hydrogens (primary N) is 1. The van der Waals surface area contributed by atoms with Crippen molar-refractivity contribution in [3.63, 3.8) is 0 Å². The molecule has 1 amide bonds. The monoisotopic (exact) mass is 244 g/mol. The first kappa shape index (κ1) is 16.4. The molecule has 4 heteroatoms. The molecule has 2 atom stereocenters. The normalized spacial score (nSPS) is 15.4. The summed E-state index contributed by atoms with van der Waals surface area (Å²) in [7, 11) is 0. The average Bonchev–Trinajstić information content (AvgIpc) is 2.23. The highest BCUT2D eigenvalue weighted by atomic mass is 16.3. The summed E-state index contributed by atoms with van der Waals surface area (Å²) in [6.45, 7) is 8.70. The Morgan fingerprint density at radius 3 is 2.29 bits per heavy atom. The lowest BCUT2D eigenvalue weighted by Crippen LogP contribution is -2.47. The molecule has 0 aromatic rings. The fourth-order valence-corrected chi connectivity index (χ4v) is 1.84. The van der Waals surface area contributed by atoms with Crippen molar-refractivity contribution in [3.05, 3.63) is 0 Å². The number of amides is 1. The van der Waals surface area contributed by atoms with Crippen LogP contribution in [0.1, 0.15) is 47.0 Å². The predicted molar refractivity (Wildman–Crippen MR) is 70.5 cm³/mol. The highest BCUT2D eigenvalue weighted by Gasteiger charge is 2.27. The Morgan fingerprint density at radius 1 is 1.35 bits per heavy atom. The molecule has 2 unspecified atom stereocenters. The van der Waals surface area contributed by atoms with Gasteiger partial charge in [0.2, 0.25) is 5.91 Å². The molecule has 0 aliphatic rings. The number of rotatable bonds is 7. The Morgan fingerprint density at radius 2 is 1.94 bits per heavy atom. The van der Waals surface area contributed by atoms with E-state index in [1.807, 2.05) is 6.92 Å². The van der Waals surface area contributed by atoms with E-state index in [0.29, 0.717) is 13.0 Å². The summed E-state index contributed by atoms with van der Waals surface area (Å²) in [5, 5.41) is 12.1. The van der Waals surface area contributed by atoms with Gasteiger partial charge in [-0.25, -0.2) is 0 Å². The Balaban J connectivity index is 4.48. The average molecular weight is 244 g/mol. The second-order valence-corrected chi connectivity index (χ2v) is 5.66. The van der Waals surface area contributed by atoms with Gasteiger partial charge in [0.15, 0.2) is 0 Å². The van der Waals surface area contributed by atoms with Gasteiger partial charge in [-0.2, -0.15) is 0 Å². The van der Waals surface area contributed by atoms with Gasteiger partial charge in [0.25, 0.3) is 0 Å². The van der Waals surface area contributed by atoms with Crippen LogP contribution >= 0.6 is 0 Å². The largest absolute Gasteiger partial charge is 0.396 e. The highest BCUT2D eigenvalue weighted by Crippen LogP contribution is 2.22. The molecule has 0 saturated carbocycles. The van der Waals surface area contributed by atoms with Crippen LogP contribution in [0.25, 0.3) is 0 Å². The van der Waals surface area contributed by atoms with Gasteiger partial charge in [-0.3, -0.25) is 4.79 Å². The van der Waals surface area contributed by atoms with Gasteiger partial charge in [-0.1, -0.05) is 34.1 Å². The standard InChI is InChI=1S/C13H28N2O2/c1-5-6-10(9-14)12(17)15-11(7-8-16)13(2,3)4/h10-11,16H,5-9,14H2,1-4H3,(H,15,17). The fraction of sp³-hybridized carbons (Fsp3) is 0.923. The number of nitrogens with one attached hydrogen (secondary N) is 1. The van der Waals surface area contributed by atoms with Crippen LogP contribution in [-0.2, 0) is 4.79 Å². The molecule has 0 fully saturated rings. The third-order valence-electron chi connectivity index (χ3n) is 3.07. The van der Waals surface area contributed by atoms with Crippen molar-refractivity contribution in [2.24, 2.45) is 17.1 Å². The van der Waals surface area contributed by atoms with Gasteiger partial charge >= 0.3 is 0 Å². The Kier molecular flexibility index (Phi) is 7.39. The lowest BCUT2D eigenvalue weighted by molar-refractivity contribution is -0.126. The Labute approximate surface area is 105 Å². The molecule has 0 aliphatic heterocycles. The summed E-state index contributed by atoms with van der Waals surface area (Å²) in [5.74, 6) is -0.0914. The van der Waals surface area contributed by atoms with Crippen LogP contribution in [0, 0.1) is 11.3 Å². The fourth-order valence-electron chi connectivity index (χ4n) is 1.84. The molecule has 0 bridgehead atoms. The van der Waals surface area contributed by atoms with Gasteiger partial charge < -0.3 is 16.2 Å². The van der Waals surface area contributed by atoms with Gasteiger partial charge in [-0.15, -0.1) is 0 Å². The van der Waals surface area contributed by atoms with E-state index in [9.17, 15) is 4.79 Å². The number of carbonyl (C=O) groups is 1. The van der Waals surface area contributed by atoms with Crippen LogP contribution in [0.4, 0.5) is 0 Å². The third kappa shape index (κ3) is 6.03. The van der Waals surface area contributed by atoms with Crippen LogP contribution in [0.3, 0.4) is 0 Å². The minimum Gasteiger partial charge on any atom is -0.396 e. The topological polar surface area (TPSA) is 75.4 Å². The molecule has 0 saturated heterocycles. The first-order chi connectivity index (χ1) is 7.86. The number of hydrogen-bond acceptors (Lipinski definition) is 3. The second-order valence-electron chi connectivity index (χ2n) is 5.66. The number of carbonyl (C=O) groups excluding carboxylic acids is 1. The van der Waals surface area contributed by atoms with Crippen LogP contribution in [-0.4, -0.2) is 30.2 Å². The Hall–Kier alpha value is -0.610. The van der Waals surface area contributed by atoms with Crippen LogP contribution in [0.15, 0.2) is 0 Å². The first-order valence-corrected chi connectivity index (χ1v) is 6.48. The van der Waals surface area contributed by atoms with Gasteiger partial charge in [-0.05, 0) is 18.3 Å². The second kappa shape index (κ2) is 7.67. The van der Waals surface area contributed by atoms with Crippen LogP contribution in [0.2, 0.25) is 0 Å². The summed E-state index contributed by atoms with van der Waals surface area (Å²) in [5.41, 5.74) is 5.56. The van der Waals surface area contributed by atoms with Crippen LogP contribution in [0.5, 0.6) is 0 Å². The predicted octanol–water partition coefficient (Wildman–Crippen LogP) is 1.27. The molecule has 0 spiro atoms. The molecule has 17 heavy (non-hydrogen) atoms. The van der Waals surface area contributed by atoms with Crippen molar-refractivity contribution in [2.45, 2.75) is 53.0 Å². The Bertz CT molecular complexity index is 224. The number of aliphatic hydroxyl groups excluding tert-OH is 1. The molecule has 0 rings (SSSR count). The van der Waals surface area contributed by atoms with E-state index in [1.165, 1.54) is 0 Å². The zero-order chi connectivity index (χ0) is 13.5. The number of hydrogen-bond donors (Lipinski definition) is 3. The van der Waals surface area contributed by atoms with Crippen molar-refractivity contribution < 1.29 is 9.90 Å². The van der Waals surface area contributed by atoms with E-state index in [0.717, 1.165) is 12.8 Å². The first-order valence-electron chi connectivity index (χ1n) is 6.48. The van der Waals surface area contributed by atoms with E-state index >= 15 is 0 Å². The maximum atomic E-state index is 12.0. The molecule has 0 radical (unpaired) electrons. The van der Waals surface area contributed by atoms with E-state index in [1.54, 1.807) is 0 Å². The molecule has 102 valence electrons. The maximum Gasteiger partial charge on any atom is 0.224 e. The molecule has 0 aromatic heterocycles. The van der Waals surface area contributed by atoms with E-state index in [2.05, 4.69) is 26.1 Å². The minimum absolute atomic E-state index is 0.00842. The maximum absolute atomic E-state index is 12.0. The molecular weight excluding hydrogens is 216 g/mol. The summed E-state index contributed by atoms with van der Waals surface area (Å²) < 4.78 is 0. The van der Waals surface area contributed by atoms with Gasteiger partial charge in [0, 0.05) is 19.2 Å². The molecular formula is C13H28N2O2. The smallest absolute Gasteiger partial charge is 0.224 e.